The topological polar surface area (TPSA) is 81.3 Å². The lowest BCUT2D eigenvalue weighted by atomic mass is 10.1. The number of carbonyl (C=O) groups is 1. The molecular formula is C22H21N5O2. The standard InChI is InChI=1S/C22H21N5O2/c1-14-9-10-18(15(2)11-14)23-19(28)13-26-16(3)12-20(29)27-22(26)24-21(25-27)17-7-5-4-6-8-17/h4-12H,13H2,1-3H3,(H,23,28). The maximum Gasteiger partial charge on any atom is 0.275 e. The molecule has 0 aliphatic rings. The number of carbonyl (C=O) groups excluding carboxylic acids is 1. The van der Waals surface area contributed by atoms with Crippen LogP contribution in [0.15, 0.2) is 59.4 Å². The van der Waals surface area contributed by atoms with Crippen molar-refractivity contribution in [3.63, 3.8) is 0 Å². The molecule has 29 heavy (non-hydrogen) atoms. The van der Waals surface area contributed by atoms with Gasteiger partial charge in [-0.15, -0.1) is 5.10 Å². The Morgan fingerprint density at radius 3 is 2.52 bits per heavy atom. The van der Waals surface area contributed by atoms with Gasteiger partial charge in [-0.2, -0.15) is 9.50 Å². The lowest BCUT2D eigenvalue weighted by Gasteiger charge is -2.13. The molecule has 7 heteroatoms. The first-order chi connectivity index (χ1) is 13.9. The fourth-order valence-electron chi connectivity index (χ4n) is 3.29. The van der Waals surface area contributed by atoms with Gasteiger partial charge in [0.15, 0.2) is 5.82 Å². The van der Waals surface area contributed by atoms with Crippen LogP contribution in [0.3, 0.4) is 0 Å². The van der Waals surface area contributed by atoms with Crippen LogP contribution < -0.4 is 10.9 Å². The number of nitrogens with one attached hydrogen (secondary N) is 1. The number of fused-ring (bicyclic) bond motifs is 1. The molecule has 1 N–H and O–H groups in total. The number of hydrogen-bond acceptors (Lipinski definition) is 4. The Morgan fingerprint density at radius 2 is 1.79 bits per heavy atom. The van der Waals surface area contributed by atoms with Crippen LogP contribution in [0.5, 0.6) is 0 Å². The predicted molar refractivity (Wildman–Crippen MR) is 112 cm³/mol. The maximum atomic E-state index is 12.7. The van der Waals surface area contributed by atoms with E-state index in [1.807, 2.05) is 62.4 Å². The van der Waals surface area contributed by atoms with E-state index < -0.39 is 0 Å². The van der Waals surface area contributed by atoms with E-state index in [4.69, 9.17) is 0 Å². The highest BCUT2D eigenvalue weighted by Crippen LogP contribution is 2.17. The van der Waals surface area contributed by atoms with Crippen LogP contribution in [0, 0.1) is 20.8 Å². The van der Waals surface area contributed by atoms with Crippen molar-refractivity contribution in [3.8, 4) is 11.4 Å². The Kier molecular flexibility index (Phi) is 4.72. The number of anilines is 1. The summed E-state index contributed by atoms with van der Waals surface area (Å²) in [4.78, 5) is 29.6. The second-order valence-electron chi connectivity index (χ2n) is 7.09. The summed E-state index contributed by atoms with van der Waals surface area (Å²) in [5.74, 6) is 0.580. The van der Waals surface area contributed by atoms with E-state index in [0.717, 1.165) is 22.4 Å². The highest BCUT2D eigenvalue weighted by molar-refractivity contribution is 5.91. The predicted octanol–water partition coefficient (Wildman–Crippen LogP) is 3.12. The maximum absolute atomic E-state index is 12.7. The first-order valence-electron chi connectivity index (χ1n) is 9.32. The van der Waals surface area contributed by atoms with Crippen molar-refractivity contribution in [2.45, 2.75) is 27.3 Å². The zero-order chi connectivity index (χ0) is 20.5. The van der Waals surface area contributed by atoms with Crippen molar-refractivity contribution in [3.05, 3.63) is 81.8 Å². The molecule has 0 saturated heterocycles. The summed E-state index contributed by atoms with van der Waals surface area (Å²) in [5.41, 5.74) is 4.06. The second-order valence-corrected chi connectivity index (χ2v) is 7.09. The summed E-state index contributed by atoms with van der Waals surface area (Å²) in [6, 6.07) is 16.7. The van der Waals surface area contributed by atoms with Crippen LogP contribution in [-0.4, -0.2) is 25.1 Å². The third kappa shape index (κ3) is 3.67. The number of aromatic nitrogens is 4. The Bertz CT molecular complexity index is 1270. The molecule has 1 amide bonds. The van der Waals surface area contributed by atoms with E-state index in [2.05, 4.69) is 15.4 Å². The van der Waals surface area contributed by atoms with Gasteiger partial charge in [-0.05, 0) is 32.4 Å². The first-order valence-corrected chi connectivity index (χ1v) is 9.32. The Morgan fingerprint density at radius 1 is 1.03 bits per heavy atom. The monoisotopic (exact) mass is 387 g/mol. The minimum absolute atomic E-state index is 0.0237. The molecule has 0 radical (unpaired) electrons. The smallest absolute Gasteiger partial charge is 0.275 e. The van der Waals surface area contributed by atoms with E-state index in [1.165, 1.54) is 10.6 Å². The molecule has 2 aromatic carbocycles. The van der Waals surface area contributed by atoms with E-state index in [9.17, 15) is 9.59 Å². The molecule has 0 aliphatic heterocycles. The first kappa shape index (κ1) is 18.6. The lowest BCUT2D eigenvalue weighted by molar-refractivity contribution is -0.116. The van der Waals surface area contributed by atoms with Crippen LogP contribution in [-0.2, 0) is 11.3 Å². The largest absolute Gasteiger partial charge is 0.324 e. The molecule has 0 spiro atoms. The van der Waals surface area contributed by atoms with Gasteiger partial charge in [0.25, 0.3) is 5.56 Å². The number of aryl methyl sites for hydroxylation is 3. The van der Waals surface area contributed by atoms with Gasteiger partial charge < -0.3 is 9.88 Å². The van der Waals surface area contributed by atoms with Crippen molar-refractivity contribution in [1.82, 2.24) is 19.2 Å². The van der Waals surface area contributed by atoms with Crippen molar-refractivity contribution in [1.29, 1.82) is 0 Å². The van der Waals surface area contributed by atoms with Crippen LogP contribution in [0.1, 0.15) is 16.8 Å². The van der Waals surface area contributed by atoms with Gasteiger partial charge in [0.1, 0.15) is 6.54 Å². The summed E-state index contributed by atoms with van der Waals surface area (Å²) in [6.07, 6.45) is 0. The van der Waals surface area contributed by atoms with Gasteiger partial charge in [0.05, 0.1) is 0 Å². The van der Waals surface area contributed by atoms with E-state index >= 15 is 0 Å². The van der Waals surface area contributed by atoms with E-state index in [1.54, 1.807) is 11.5 Å². The molecule has 0 aliphatic carbocycles. The second kappa shape index (κ2) is 7.35. The molecule has 4 rings (SSSR count). The number of nitrogens with zero attached hydrogens (tertiary/aromatic N) is 4. The van der Waals surface area contributed by atoms with Gasteiger partial charge in [-0.3, -0.25) is 9.59 Å². The molecular weight excluding hydrogens is 366 g/mol. The SMILES string of the molecule is Cc1ccc(NC(=O)Cn2c(C)cc(=O)n3nc(-c4ccccc4)nc23)c(C)c1. The summed E-state index contributed by atoms with van der Waals surface area (Å²) >= 11 is 0. The fourth-order valence-corrected chi connectivity index (χ4v) is 3.29. The zero-order valence-corrected chi connectivity index (χ0v) is 16.5. The van der Waals surface area contributed by atoms with Gasteiger partial charge in [-0.25, -0.2) is 0 Å². The number of rotatable bonds is 4. The molecule has 2 aromatic heterocycles. The van der Waals surface area contributed by atoms with Crippen molar-refractivity contribution < 1.29 is 4.79 Å². The molecule has 0 unspecified atom stereocenters. The van der Waals surface area contributed by atoms with Gasteiger partial charge >= 0.3 is 0 Å². The molecule has 7 nitrogen and oxygen atoms in total. The molecule has 0 bridgehead atoms. The summed E-state index contributed by atoms with van der Waals surface area (Å²) in [6.45, 7) is 5.77. The average Bonchev–Trinajstić information content (AvgIpc) is 3.14. The van der Waals surface area contributed by atoms with Crippen molar-refractivity contribution in [2.24, 2.45) is 0 Å². The van der Waals surface area contributed by atoms with Gasteiger partial charge in [0, 0.05) is 23.0 Å². The molecule has 4 aromatic rings. The van der Waals surface area contributed by atoms with Crippen molar-refractivity contribution >= 4 is 17.4 Å². The summed E-state index contributed by atoms with van der Waals surface area (Å²) < 4.78 is 2.93. The van der Waals surface area contributed by atoms with E-state index in [0.29, 0.717) is 17.3 Å². The molecule has 2 heterocycles. The van der Waals surface area contributed by atoms with Crippen molar-refractivity contribution in [2.75, 3.05) is 5.32 Å². The third-order valence-corrected chi connectivity index (χ3v) is 4.79. The number of amides is 1. The lowest BCUT2D eigenvalue weighted by Crippen LogP contribution is -2.25. The third-order valence-electron chi connectivity index (χ3n) is 4.79. The highest BCUT2D eigenvalue weighted by Gasteiger charge is 2.16. The quantitative estimate of drug-likeness (QED) is 0.583. The minimum Gasteiger partial charge on any atom is -0.324 e. The van der Waals surface area contributed by atoms with Gasteiger partial charge in [-0.1, -0.05) is 48.0 Å². The summed E-state index contributed by atoms with van der Waals surface area (Å²) in [7, 11) is 0. The fraction of sp³-hybridized carbons (Fsp3) is 0.182. The van der Waals surface area contributed by atoms with Crippen LogP contribution in [0.4, 0.5) is 5.69 Å². The van der Waals surface area contributed by atoms with Crippen LogP contribution >= 0.6 is 0 Å². The average molecular weight is 387 g/mol. The zero-order valence-electron chi connectivity index (χ0n) is 16.5. The Labute approximate surface area is 167 Å². The number of benzene rings is 2. The molecule has 0 atom stereocenters. The van der Waals surface area contributed by atoms with E-state index in [-0.39, 0.29) is 18.0 Å². The summed E-state index contributed by atoms with van der Waals surface area (Å²) in [5, 5.41) is 7.28. The van der Waals surface area contributed by atoms with Gasteiger partial charge in [0.2, 0.25) is 11.7 Å². The minimum atomic E-state index is -0.279. The van der Waals surface area contributed by atoms with Crippen LogP contribution in [0.25, 0.3) is 17.2 Å². The Hall–Kier alpha value is -3.74. The Balaban J connectivity index is 1.70. The normalized spacial score (nSPS) is 11.0. The molecule has 146 valence electrons. The molecule has 0 fully saturated rings. The molecule has 0 saturated carbocycles. The number of hydrogen-bond donors (Lipinski definition) is 1. The van der Waals surface area contributed by atoms with Crippen LogP contribution in [0.2, 0.25) is 0 Å². The highest BCUT2D eigenvalue weighted by atomic mass is 16.2.